The third kappa shape index (κ3) is 16.4. The number of rotatable bonds is 16. The minimum Gasteiger partial charge on any atom is -0.349 e. The lowest BCUT2D eigenvalue weighted by atomic mass is 9.97. The highest BCUT2D eigenvalue weighted by atomic mass is 16.2. The fourth-order valence-electron chi connectivity index (χ4n) is 3.05. The van der Waals surface area contributed by atoms with Crippen molar-refractivity contribution in [1.82, 2.24) is 4.90 Å². The molecule has 0 N–H and O–H groups in total. The lowest BCUT2D eigenvalue weighted by Gasteiger charge is -2.10. The minimum atomic E-state index is 0.248. The van der Waals surface area contributed by atoms with Crippen LogP contribution in [0.15, 0.2) is 12.2 Å². The van der Waals surface area contributed by atoms with Crippen LogP contribution >= 0.6 is 0 Å². The number of carbonyl (C=O) groups excluding carboxylic acids is 1. The number of hydrogen-bond acceptors (Lipinski definition) is 1. The maximum absolute atomic E-state index is 11.5. The molecule has 0 aliphatic carbocycles. The molecular weight excluding hydrogens is 306 g/mol. The molecule has 2 atom stereocenters. The van der Waals surface area contributed by atoms with Gasteiger partial charge in [0.2, 0.25) is 5.91 Å². The zero-order valence-corrected chi connectivity index (χ0v) is 17.9. The molecule has 0 bridgehead atoms. The van der Waals surface area contributed by atoms with Crippen LogP contribution in [-0.2, 0) is 4.79 Å². The second-order valence-electron chi connectivity index (χ2n) is 8.20. The van der Waals surface area contributed by atoms with Gasteiger partial charge in [-0.05, 0) is 37.5 Å². The van der Waals surface area contributed by atoms with Gasteiger partial charge in [0.05, 0.1) is 0 Å². The Morgan fingerprint density at radius 2 is 1.44 bits per heavy atom. The van der Waals surface area contributed by atoms with E-state index < -0.39 is 0 Å². The number of allylic oxidation sites excluding steroid dienone is 2. The fraction of sp³-hybridized carbons (Fsp3) is 0.870. The predicted molar refractivity (Wildman–Crippen MR) is 112 cm³/mol. The molecule has 0 aliphatic heterocycles. The topological polar surface area (TPSA) is 20.3 Å². The van der Waals surface area contributed by atoms with Gasteiger partial charge in [-0.25, -0.2) is 0 Å². The molecule has 2 heteroatoms. The number of amides is 1. The molecule has 0 radical (unpaired) electrons. The monoisotopic (exact) mass is 351 g/mol. The highest BCUT2D eigenvalue weighted by molar-refractivity contribution is 5.75. The molecule has 148 valence electrons. The summed E-state index contributed by atoms with van der Waals surface area (Å²) in [6.45, 7) is 7.05. The minimum absolute atomic E-state index is 0.248. The van der Waals surface area contributed by atoms with Crippen LogP contribution in [0, 0.1) is 11.8 Å². The van der Waals surface area contributed by atoms with E-state index in [1.807, 2.05) is 14.1 Å². The Bertz CT molecular complexity index is 335. The summed E-state index contributed by atoms with van der Waals surface area (Å²) in [7, 11) is 3.66. The number of unbranched alkanes of at least 4 members (excludes halogenated alkanes) is 6. The molecule has 0 heterocycles. The summed E-state index contributed by atoms with van der Waals surface area (Å²) in [5, 5.41) is 0. The van der Waals surface area contributed by atoms with Crippen LogP contribution in [0.1, 0.15) is 104 Å². The number of nitrogens with zero attached hydrogens (tertiary/aromatic N) is 1. The van der Waals surface area contributed by atoms with E-state index in [-0.39, 0.29) is 5.91 Å². The van der Waals surface area contributed by atoms with Gasteiger partial charge in [-0.1, -0.05) is 84.3 Å². The van der Waals surface area contributed by atoms with Crippen molar-refractivity contribution in [2.75, 3.05) is 14.1 Å². The Kier molecular flexibility index (Phi) is 16.1. The van der Waals surface area contributed by atoms with Crippen molar-refractivity contribution in [1.29, 1.82) is 0 Å². The first-order valence-corrected chi connectivity index (χ1v) is 10.8. The van der Waals surface area contributed by atoms with Crippen molar-refractivity contribution in [2.45, 2.75) is 104 Å². The second kappa shape index (κ2) is 16.7. The van der Waals surface area contributed by atoms with E-state index in [1.54, 1.807) is 4.90 Å². The second-order valence-corrected chi connectivity index (χ2v) is 8.20. The summed E-state index contributed by atoms with van der Waals surface area (Å²) in [6.07, 6.45) is 21.0. The summed E-state index contributed by atoms with van der Waals surface area (Å²) in [6, 6.07) is 0. The van der Waals surface area contributed by atoms with Crippen LogP contribution in [0.3, 0.4) is 0 Å². The number of hydrogen-bond donors (Lipinski definition) is 0. The molecule has 0 saturated heterocycles. The van der Waals surface area contributed by atoms with Crippen molar-refractivity contribution in [3.63, 3.8) is 0 Å². The molecule has 0 fully saturated rings. The van der Waals surface area contributed by atoms with Crippen LogP contribution in [0.4, 0.5) is 0 Å². The molecule has 0 unspecified atom stereocenters. The van der Waals surface area contributed by atoms with E-state index in [2.05, 4.69) is 32.9 Å². The van der Waals surface area contributed by atoms with Gasteiger partial charge >= 0.3 is 0 Å². The van der Waals surface area contributed by atoms with Crippen LogP contribution in [0.25, 0.3) is 0 Å². The van der Waals surface area contributed by atoms with Crippen molar-refractivity contribution in [3.05, 3.63) is 12.2 Å². The van der Waals surface area contributed by atoms with Crippen molar-refractivity contribution < 1.29 is 4.79 Å². The molecule has 1 amide bonds. The maximum atomic E-state index is 11.5. The molecule has 25 heavy (non-hydrogen) atoms. The van der Waals surface area contributed by atoms with Gasteiger partial charge in [-0.15, -0.1) is 0 Å². The summed E-state index contributed by atoms with van der Waals surface area (Å²) >= 11 is 0. The first kappa shape index (κ1) is 24.2. The zero-order chi connectivity index (χ0) is 18.9. The predicted octanol–water partition coefficient (Wildman–Crippen LogP) is 6.99. The van der Waals surface area contributed by atoms with E-state index in [0.717, 1.165) is 31.1 Å². The quantitative estimate of drug-likeness (QED) is 0.217. The SMILES string of the molecule is CC[C@H](C)CCCCCCC[C@H](C)C/C=C/CCCCC(=O)N(C)C. The van der Waals surface area contributed by atoms with Crippen LogP contribution in [0.2, 0.25) is 0 Å². The Hall–Kier alpha value is -0.790. The third-order valence-corrected chi connectivity index (χ3v) is 5.31. The maximum Gasteiger partial charge on any atom is 0.222 e. The number of carbonyl (C=O) groups is 1. The smallest absolute Gasteiger partial charge is 0.222 e. The molecule has 0 aliphatic rings. The van der Waals surface area contributed by atoms with Gasteiger partial charge in [0.1, 0.15) is 0 Å². The Morgan fingerprint density at radius 1 is 0.840 bits per heavy atom. The first-order chi connectivity index (χ1) is 12.0. The molecular formula is C23H45NO. The van der Waals surface area contributed by atoms with E-state index in [0.29, 0.717) is 6.42 Å². The van der Waals surface area contributed by atoms with Gasteiger partial charge in [-0.2, -0.15) is 0 Å². The molecule has 0 spiro atoms. The van der Waals surface area contributed by atoms with Gasteiger partial charge in [0.15, 0.2) is 0 Å². The molecule has 0 aromatic heterocycles. The highest BCUT2D eigenvalue weighted by Crippen LogP contribution is 2.17. The third-order valence-electron chi connectivity index (χ3n) is 5.31. The lowest BCUT2D eigenvalue weighted by molar-refractivity contribution is -0.128. The summed E-state index contributed by atoms with van der Waals surface area (Å²) in [4.78, 5) is 13.1. The van der Waals surface area contributed by atoms with Gasteiger partial charge in [0, 0.05) is 20.5 Å². The summed E-state index contributed by atoms with van der Waals surface area (Å²) in [5.74, 6) is 1.98. The molecule has 0 saturated carbocycles. The molecule has 0 rings (SSSR count). The Labute approximate surface area is 158 Å². The van der Waals surface area contributed by atoms with E-state index in [9.17, 15) is 4.79 Å². The van der Waals surface area contributed by atoms with Crippen molar-refractivity contribution >= 4 is 5.91 Å². The van der Waals surface area contributed by atoms with Crippen LogP contribution < -0.4 is 0 Å². The van der Waals surface area contributed by atoms with Crippen molar-refractivity contribution in [3.8, 4) is 0 Å². The normalized spacial score (nSPS) is 14.0. The first-order valence-electron chi connectivity index (χ1n) is 10.8. The van der Waals surface area contributed by atoms with Gasteiger partial charge < -0.3 is 4.90 Å². The Balaban J connectivity index is 3.40. The fourth-order valence-corrected chi connectivity index (χ4v) is 3.05. The lowest BCUT2D eigenvalue weighted by Crippen LogP contribution is -2.20. The van der Waals surface area contributed by atoms with Crippen molar-refractivity contribution in [2.24, 2.45) is 11.8 Å². The van der Waals surface area contributed by atoms with Gasteiger partial charge in [0.25, 0.3) is 0 Å². The van der Waals surface area contributed by atoms with E-state index in [4.69, 9.17) is 0 Å². The highest BCUT2D eigenvalue weighted by Gasteiger charge is 2.03. The molecule has 0 aromatic carbocycles. The standard InChI is InChI=1S/C23H45NO/c1-6-21(2)17-13-9-7-10-14-18-22(3)19-15-11-8-12-16-20-23(25)24(4)5/h11,15,21-22H,6-10,12-14,16-20H2,1-5H3/b15-11+/t21-,22-/m0/s1. The average Bonchev–Trinajstić information content (AvgIpc) is 2.59. The Morgan fingerprint density at radius 3 is 2.04 bits per heavy atom. The largest absolute Gasteiger partial charge is 0.349 e. The summed E-state index contributed by atoms with van der Waals surface area (Å²) in [5.41, 5.74) is 0. The van der Waals surface area contributed by atoms with E-state index >= 15 is 0 Å². The zero-order valence-electron chi connectivity index (χ0n) is 17.9. The van der Waals surface area contributed by atoms with E-state index in [1.165, 1.54) is 57.8 Å². The summed E-state index contributed by atoms with van der Waals surface area (Å²) < 4.78 is 0. The van der Waals surface area contributed by atoms with Crippen LogP contribution in [0.5, 0.6) is 0 Å². The molecule has 2 nitrogen and oxygen atoms in total. The molecule has 0 aromatic rings. The average molecular weight is 352 g/mol. The van der Waals surface area contributed by atoms with Crippen LogP contribution in [-0.4, -0.2) is 24.9 Å². The van der Waals surface area contributed by atoms with Gasteiger partial charge in [-0.3, -0.25) is 4.79 Å².